The lowest BCUT2D eigenvalue weighted by Crippen LogP contribution is -2.53. The number of carbonyl (C=O) groups is 2. The largest absolute Gasteiger partial charge is 0.307 e. The quantitative estimate of drug-likeness (QED) is 0.357. The van der Waals surface area contributed by atoms with Gasteiger partial charge in [0.1, 0.15) is 4.90 Å². The number of amides is 2. The number of nitrogen functional groups attached to an aromatic ring is 1. The molecule has 2 amide bonds. The fourth-order valence-electron chi connectivity index (χ4n) is 1.60. The van der Waals surface area contributed by atoms with Gasteiger partial charge in [-0.1, -0.05) is 11.6 Å². The number of carbonyl (C=O) groups excluding carboxylic acids is 2. The van der Waals surface area contributed by atoms with Crippen molar-refractivity contribution in [2.45, 2.75) is 4.90 Å². The summed E-state index contributed by atoms with van der Waals surface area (Å²) in [5.41, 5.74) is 2.20. The molecule has 108 valence electrons. The van der Waals surface area contributed by atoms with Gasteiger partial charge in [0.25, 0.3) is 0 Å². The van der Waals surface area contributed by atoms with Crippen LogP contribution >= 0.6 is 11.6 Å². The molecular weight excluding hydrogens is 310 g/mol. The lowest BCUT2D eigenvalue weighted by molar-refractivity contribution is -0.134. The molecule has 20 heavy (non-hydrogen) atoms. The number of halogens is 1. The molecule has 0 atom stereocenters. The van der Waals surface area contributed by atoms with Gasteiger partial charge in [-0.2, -0.15) is 4.31 Å². The highest BCUT2D eigenvalue weighted by Crippen LogP contribution is 2.24. The molecule has 1 aliphatic rings. The molecule has 0 radical (unpaired) electrons. The summed E-state index contributed by atoms with van der Waals surface area (Å²) >= 11 is 5.80. The van der Waals surface area contributed by atoms with Crippen molar-refractivity contribution in [1.29, 1.82) is 0 Å². The normalized spacial score (nSPS) is 16.9. The molecule has 1 aliphatic heterocycles. The summed E-state index contributed by atoms with van der Waals surface area (Å²) in [5.74, 6) is 3.86. The van der Waals surface area contributed by atoms with Gasteiger partial charge in [0, 0.05) is 6.20 Å². The summed E-state index contributed by atoms with van der Waals surface area (Å²) in [6.45, 7) is -0.884. The Labute approximate surface area is 119 Å². The number of nitrogens with one attached hydrogen (secondary N) is 2. The molecule has 1 aromatic heterocycles. The summed E-state index contributed by atoms with van der Waals surface area (Å²) in [5, 5.41) is 2.01. The van der Waals surface area contributed by atoms with Crippen LogP contribution in [0.1, 0.15) is 0 Å². The highest BCUT2D eigenvalue weighted by Gasteiger charge is 2.33. The number of anilines is 1. The Morgan fingerprint density at radius 1 is 1.35 bits per heavy atom. The minimum absolute atomic E-state index is 0.00126. The Bertz CT molecular complexity index is 661. The summed E-state index contributed by atoms with van der Waals surface area (Å²) in [7, 11) is -4.04. The molecule has 2 heterocycles. The molecule has 0 aliphatic carbocycles. The van der Waals surface area contributed by atoms with Crippen molar-refractivity contribution in [2.24, 2.45) is 5.84 Å². The third-order valence-electron chi connectivity index (χ3n) is 2.51. The van der Waals surface area contributed by atoms with E-state index in [0.717, 1.165) is 16.6 Å². The summed E-state index contributed by atoms with van der Waals surface area (Å²) < 4.78 is 25.3. The Morgan fingerprint density at radius 3 is 2.45 bits per heavy atom. The topological polar surface area (TPSA) is 134 Å². The van der Waals surface area contributed by atoms with Crippen LogP contribution in [0.15, 0.2) is 17.2 Å². The van der Waals surface area contributed by atoms with Gasteiger partial charge in [0.05, 0.1) is 18.1 Å². The van der Waals surface area contributed by atoms with Crippen molar-refractivity contribution in [3.63, 3.8) is 0 Å². The number of imide groups is 1. The standard InChI is InChI=1S/C9H10ClN5O4S/c10-6-1-5(2-12-9(6)14-11)20(18,19)15-3-7(16)13-8(17)4-15/h1-2H,3-4,11H2,(H,12,14)(H,13,16,17). The van der Waals surface area contributed by atoms with Gasteiger partial charge in [-0.05, 0) is 6.07 Å². The van der Waals surface area contributed by atoms with Crippen LogP contribution in [-0.4, -0.2) is 42.6 Å². The van der Waals surface area contributed by atoms with Gasteiger partial charge in [-0.3, -0.25) is 14.9 Å². The van der Waals surface area contributed by atoms with Crippen molar-refractivity contribution in [2.75, 3.05) is 18.5 Å². The minimum atomic E-state index is -4.04. The Hall–Kier alpha value is -1.75. The van der Waals surface area contributed by atoms with E-state index in [2.05, 4.69) is 10.4 Å². The molecule has 1 aromatic rings. The average Bonchev–Trinajstić information content (AvgIpc) is 2.37. The zero-order chi connectivity index (χ0) is 14.9. The number of hydrogen-bond acceptors (Lipinski definition) is 7. The molecule has 1 saturated heterocycles. The fraction of sp³-hybridized carbons (Fsp3) is 0.222. The molecule has 0 aromatic carbocycles. The molecule has 1 fully saturated rings. The number of rotatable bonds is 3. The third kappa shape index (κ3) is 2.72. The van der Waals surface area contributed by atoms with Gasteiger partial charge in [-0.25, -0.2) is 19.2 Å². The van der Waals surface area contributed by atoms with Crippen molar-refractivity contribution in [1.82, 2.24) is 14.6 Å². The molecule has 2 rings (SSSR count). The first-order valence-corrected chi connectivity index (χ1v) is 7.11. The van der Waals surface area contributed by atoms with E-state index < -0.39 is 34.9 Å². The second-order valence-electron chi connectivity index (χ2n) is 3.89. The molecule has 11 heteroatoms. The van der Waals surface area contributed by atoms with E-state index in [0.29, 0.717) is 0 Å². The second-order valence-corrected chi connectivity index (χ2v) is 6.24. The molecule has 0 bridgehead atoms. The van der Waals surface area contributed by atoms with Gasteiger partial charge in [0.15, 0.2) is 5.82 Å². The monoisotopic (exact) mass is 319 g/mol. The van der Waals surface area contributed by atoms with Crippen LogP contribution in [0.2, 0.25) is 5.02 Å². The van der Waals surface area contributed by atoms with Gasteiger partial charge >= 0.3 is 0 Å². The Balaban J connectivity index is 2.37. The first-order valence-electron chi connectivity index (χ1n) is 5.29. The SMILES string of the molecule is NNc1ncc(S(=O)(=O)N2CC(=O)NC(=O)C2)cc1Cl. The first-order chi connectivity index (χ1) is 9.34. The van der Waals surface area contributed by atoms with Gasteiger partial charge in [-0.15, -0.1) is 0 Å². The smallest absolute Gasteiger partial charge is 0.245 e. The van der Waals surface area contributed by atoms with E-state index in [9.17, 15) is 18.0 Å². The maximum absolute atomic E-state index is 12.3. The number of nitrogens with zero attached hydrogens (tertiary/aromatic N) is 2. The van der Waals surface area contributed by atoms with E-state index in [1.54, 1.807) is 0 Å². The molecule has 0 saturated carbocycles. The zero-order valence-corrected chi connectivity index (χ0v) is 11.5. The Morgan fingerprint density at radius 2 is 1.95 bits per heavy atom. The number of hydrogen-bond donors (Lipinski definition) is 3. The van der Waals surface area contributed by atoms with Crippen LogP contribution < -0.4 is 16.6 Å². The number of sulfonamides is 1. The van der Waals surface area contributed by atoms with E-state index in [-0.39, 0.29) is 15.7 Å². The molecule has 0 spiro atoms. The molecule has 9 nitrogen and oxygen atoms in total. The fourth-order valence-corrected chi connectivity index (χ4v) is 3.21. The zero-order valence-electron chi connectivity index (χ0n) is 9.96. The molecule has 0 unspecified atom stereocenters. The maximum Gasteiger partial charge on any atom is 0.245 e. The van der Waals surface area contributed by atoms with Gasteiger partial charge in [0.2, 0.25) is 21.8 Å². The highest BCUT2D eigenvalue weighted by molar-refractivity contribution is 7.89. The minimum Gasteiger partial charge on any atom is -0.307 e. The van der Waals surface area contributed by atoms with Crippen LogP contribution in [0.4, 0.5) is 5.82 Å². The average molecular weight is 320 g/mol. The highest BCUT2D eigenvalue weighted by atomic mass is 35.5. The van der Waals surface area contributed by atoms with Crippen molar-refractivity contribution >= 4 is 39.3 Å². The van der Waals surface area contributed by atoms with Crippen LogP contribution in [0.25, 0.3) is 0 Å². The second kappa shape index (κ2) is 5.32. The number of aromatic nitrogens is 1. The summed E-state index contributed by atoms with van der Waals surface area (Å²) in [6.07, 6.45) is 1.04. The Kier molecular flexibility index (Phi) is 3.90. The van der Waals surface area contributed by atoms with Crippen LogP contribution in [0.3, 0.4) is 0 Å². The number of hydrazine groups is 1. The predicted octanol–water partition coefficient (Wildman–Crippen LogP) is -1.33. The van der Waals surface area contributed by atoms with Crippen LogP contribution in [0.5, 0.6) is 0 Å². The molecular formula is C9H10ClN5O4S. The maximum atomic E-state index is 12.3. The first kappa shape index (κ1) is 14.7. The van der Waals surface area contributed by atoms with Crippen molar-refractivity contribution < 1.29 is 18.0 Å². The lowest BCUT2D eigenvalue weighted by atomic mass is 10.4. The van der Waals surface area contributed by atoms with Crippen molar-refractivity contribution in [3.05, 3.63) is 17.3 Å². The van der Waals surface area contributed by atoms with Crippen molar-refractivity contribution in [3.8, 4) is 0 Å². The summed E-state index contributed by atoms with van der Waals surface area (Å²) in [6, 6.07) is 1.13. The number of pyridine rings is 1. The number of nitrogens with two attached hydrogens (primary N) is 1. The van der Waals surface area contributed by atoms with E-state index in [4.69, 9.17) is 17.4 Å². The van der Waals surface area contributed by atoms with Crippen LogP contribution in [0, 0.1) is 0 Å². The number of piperazine rings is 1. The van der Waals surface area contributed by atoms with E-state index >= 15 is 0 Å². The van der Waals surface area contributed by atoms with E-state index in [1.807, 2.05) is 5.32 Å². The molecule has 4 N–H and O–H groups in total. The van der Waals surface area contributed by atoms with Gasteiger partial charge < -0.3 is 5.43 Å². The third-order valence-corrected chi connectivity index (χ3v) is 4.55. The summed E-state index contributed by atoms with van der Waals surface area (Å²) in [4.78, 5) is 26.0. The van der Waals surface area contributed by atoms with Crippen LogP contribution in [-0.2, 0) is 19.6 Å². The van der Waals surface area contributed by atoms with E-state index in [1.165, 1.54) is 0 Å². The predicted molar refractivity (Wildman–Crippen MR) is 69.0 cm³/mol. The lowest BCUT2D eigenvalue weighted by Gasteiger charge is -2.24.